The van der Waals surface area contributed by atoms with Crippen molar-refractivity contribution in [3.63, 3.8) is 0 Å². The molecule has 0 aromatic heterocycles. The minimum absolute atomic E-state index is 0. The second kappa shape index (κ2) is 10.6. The van der Waals surface area contributed by atoms with Gasteiger partial charge in [0.15, 0.2) is 0 Å². The first-order valence-electron chi connectivity index (χ1n) is 10.1. The number of halogens is 1. The molecule has 162 valence electrons. The molecule has 0 radical (unpaired) electrons. The molecule has 0 saturated heterocycles. The lowest BCUT2D eigenvalue weighted by Crippen LogP contribution is -3.00. The number of phenols is 1. The van der Waals surface area contributed by atoms with E-state index in [0.29, 0.717) is 11.7 Å². The molecule has 0 spiro atoms. The second-order valence-electron chi connectivity index (χ2n) is 7.31. The van der Waals surface area contributed by atoms with Crippen LogP contribution in [0.25, 0.3) is 0 Å². The Labute approximate surface area is 199 Å². The summed E-state index contributed by atoms with van der Waals surface area (Å²) in [5, 5.41) is 14.6. The summed E-state index contributed by atoms with van der Waals surface area (Å²) in [6.07, 6.45) is 0.637. The van der Waals surface area contributed by atoms with E-state index in [1.54, 1.807) is 6.07 Å². The summed E-state index contributed by atoms with van der Waals surface area (Å²) in [6.45, 7) is 0. The van der Waals surface area contributed by atoms with Crippen LogP contribution in [-0.4, -0.2) is 18.2 Å². The summed E-state index contributed by atoms with van der Waals surface area (Å²) >= 11 is 0. The minimum atomic E-state index is -2.12. The zero-order chi connectivity index (χ0) is 21.7. The van der Waals surface area contributed by atoms with Gasteiger partial charge in [-0.05, 0) is 48.5 Å². The molecule has 0 aliphatic rings. The highest BCUT2D eigenvalue weighted by Crippen LogP contribution is 2.58. The molecule has 0 atom stereocenters. The monoisotopic (exact) mass is 506 g/mol. The van der Waals surface area contributed by atoms with Gasteiger partial charge in [0.1, 0.15) is 35.1 Å². The molecule has 0 heterocycles. The molecule has 0 bridgehead atoms. The molecular weight excluding hydrogens is 483 g/mol. The number of rotatable bonds is 6. The van der Waals surface area contributed by atoms with Gasteiger partial charge >= 0.3 is 5.97 Å². The molecule has 32 heavy (non-hydrogen) atoms. The maximum Gasteiger partial charge on any atom is 0.337 e. The van der Waals surface area contributed by atoms with Crippen molar-refractivity contribution in [2.24, 2.45) is 0 Å². The first kappa shape index (κ1) is 23.7. The second-order valence-corrected chi connectivity index (χ2v) is 10.8. The van der Waals surface area contributed by atoms with E-state index in [9.17, 15) is 9.90 Å². The van der Waals surface area contributed by atoms with Gasteiger partial charge in [-0.15, -0.1) is 0 Å². The fraction of sp³-hybridized carbons (Fsp3) is 0.0741. The molecule has 0 amide bonds. The van der Waals surface area contributed by atoms with E-state index in [2.05, 4.69) is 72.8 Å². The Hall–Kier alpha value is -2.94. The first-order valence-corrected chi connectivity index (χ1v) is 12.1. The van der Waals surface area contributed by atoms with Crippen molar-refractivity contribution in [3.8, 4) is 5.75 Å². The summed E-state index contributed by atoms with van der Waals surface area (Å²) < 4.78 is 4.80. The number of aromatic hydroxyl groups is 1. The van der Waals surface area contributed by atoms with Crippen LogP contribution in [0, 0.1) is 0 Å². The Morgan fingerprint density at radius 2 is 1.19 bits per heavy atom. The number of carbonyl (C=O) groups excluding carboxylic acids is 1. The predicted molar refractivity (Wildman–Crippen MR) is 128 cm³/mol. The van der Waals surface area contributed by atoms with Gasteiger partial charge in [-0.25, -0.2) is 4.79 Å². The standard InChI is InChI=1S/C27H23O3P.BrH/c1-30-27(29)21-17-18-22(26(28)19-21)20-31(23-11-5-2-6-12-23,24-13-7-3-8-14-24)25-15-9-4-10-16-25;/h2-19H,20H2,1H3;1H. The molecule has 0 saturated carbocycles. The number of hydrogen-bond acceptors (Lipinski definition) is 3. The molecule has 0 aliphatic carbocycles. The van der Waals surface area contributed by atoms with Crippen LogP contribution in [0.5, 0.6) is 5.75 Å². The third kappa shape index (κ3) is 4.62. The fourth-order valence-electron chi connectivity index (χ4n) is 3.97. The summed E-state index contributed by atoms with van der Waals surface area (Å²) in [4.78, 5) is 11.9. The Bertz CT molecular complexity index is 1070. The van der Waals surface area contributed by atoms with E-state index in [4.69, 9.17) is 4.74 Å². The summed E-state index contributed by atoms with van der Waals surface area (Å²) in [6, 6.07) is 36.6. The summed E-state index contributed by atoms with van der Waals surface area (Å²) in [5.41, 5.74) is 1.14. The van der Waals surface area contributed by atoms with Crippen molar-refractivity contribution in [2.45, 2.75) is 6.16 Å². The highest BCUT2D eigenvalue weighted by atomic mass is 79.9. The number of hydrogen-bond donors (Lipinski definition) is 1. The molecule has 4 aromatic carbocycles. The maximum absolute atomic E-state index is 11.9. The van der Waals surface area contributed by atoms with Crippen LogP contribution < -0.4 is 32.9 Å². The molecular formula is C27H24BrO3P. The van der Waals surface area contributed by atoms with Gasteiger partial charge in [0.2, 0.25) is 0 Å². The lowest BCUT2D eigenvalue weighted by atomic mass is 10.1. The number of esters is 1. The Balaban J connectivity index is 0.00000289. The minimum Gasteiger partial charge on any atom is -1.00 e. The molecule has 4 aromatic rings. The number of benzene rings is 4. The van der Waals surface area contributed by atoms with Crippen LogP contribution in [0.4, 0.5) is 0 Å². The van der Waals surface area contributed by atoms with E-state index in [1.807, 2.05) is 24.3 Å². The van der Waals surface area contributed by atoms with Crippen molar-refractivity contribution in [2.75, 3.05) is 7.11 Å². The van der Waals surface area contributed by atoms with Crippen molar-refractivity contribution < 1.29 is 31.6 Å². The fourth-order valence-corrected chi connectivity index (χ4v) is 8.23. The predicted octanol–water partition coefficient (Wildman–Crippen LogP) is 1.68. The summed E-state index contributed by atoms with van der Waals surface area (Å²) in [5.74, 6) is -0.354. The van der Waals surface area contributed by atoms with E-state index in [0.717, 1.165) is 5.56 Å². The van der Waals surface area contributed by atoms with Gasteiger partial charge in [0, 0.05) is 5.56 Å². The topological polar surface area (TPSA) is 46.5 Å². The molecule has 5 heteroatoms. The smallest absolute Gasteiger partial charge is 0.337 e. The number of methoxy groups -OCH3 is 1. The van der Waals surface area contributed by atoms with Crippen LogP contribution in [0.2, 0.25) is 0 Å². The van der Waals surface area contributed by atoms with Gasteiger partial charge in [-0.1, -0.05) is 60.7 Å². The van der Waals surface area contributed by atoms with Crippen molar-refractivity contribution in [1.82, 2.24) is 0 Å². The SMILES string of the molecule is COC(=O)c1ccc(C[P+](c2ccccc2)(c2ccccc2)c2ccccc2)c(O)c1.[Br-]. The Morgan fingerprint density at radius 3 is 1.56 bits per heavy atom. The third-order valence-corrected chi connectivity index (χ3v) is 9.86. The molecule has 0 unspecified atom stereocenters. The highest BCUT2D eigenvalue weighted by Gasteiger charge is 2.45. The average Bonchev–Trinajstić information content (AvgIpc) is 2.84. The van der Waals surface area contributed by atoms with Crippen LogP contribution in [0.1, 0.15) is 15.9 Å². The summed E-state index contributed by atoms with van der Waals surface area (Å²) in [7, 11) is -0.787. The van der Waals surface area contributed by atoms with Crippen LogP contribution in [-0.2, 0) is 10.9 Å². The number of phenolic OH excluding ortho intramolecular Hbond substituents is 1. The van der Waals surface area contributed by atoms with Crippen molar-refractivity contribution >= 4 is 29.1 Å². The van der Waals surface area contributed by atoms with Crippen LogP contribution >= 0.6 is 7.26 Å². The van der Waals surface area contributed by atoms with Gasteiger partial charge in [0.25, 0.3) is 0 Å². The molecule has 3 nitrogen and oxygen atoms in total. The highest BCUT2D eigenvalue weighted by molar-refractivity contribution is 7.95. The van der Waals surface area contributed by atoms with Gasteiger partial charge in [-0.3, -0.25) is 0 Å². The van der Waals surface area contributed by atoms with E-state index in [1.165, 1.54) is 29.1 Å². The van der Waals surface area contributed by atoms with Crippen molar-refractivity contribution in [3.05, 3.63) is 120 Å². The zero-order valence-electron chi connectivity index (χ0n) is 17.7. The van der Waals surface area contributed by atoms with Gasteiger partial charge < -0.3 is 26.8 Å². The largest absolute Gasteiger partial charge is 1.00 e. The van der Waals surface area contributed by atoms with E-state index < -0.39 is 13.2 Å². The third-order valence-electron chi connectivity index (χ3n) is 5.50. The first-order chi connectivity index (χ1) is 15.1. The average molecular weight is 507 g/mol. The molecule has 0 fully saturated rings. The molecule has 4 rings (SSSR count). The van der Waals surface area contributed by atoms with Crippen molar-refractivity contribution in [1.29, 1.82) is 0 Å². The van der Waals surface area contributed by atoms with Gasteiger partial charge in [0.05, 0.1) is 12.7 Å². The van der Waals surface area contributed by atoms with E-state index in [-0.39, 0.29) is 22.7 Å². The lowest BCUT2D eigenvalue weighted by Gasteiger charge is -2.28. The quantitative estimate of drug-likeness (QED) is 0.319. The van der Waals surface area contributed by atoms with E-state index >= 15 is 0 Å². The number of carbonyl (C=O) groups is 1. The zero-order valence-corrected chi connectivity index (χ0v) is 20.2. The Morgan fingerprint density at radius 1 is 0.750 bits per heavy atom. The molecule has 0 aliphatic heterocycles. The van der Waals surface area contributed by atoms with Gasteiger partial charge in [-0.2, -0.15) is 0 Å². The van der Waals surface area contributed by atoms with Crippen LogP contribution in [0.15, 0.2) is 109 Å². The molecule has 1 N–H and O–H groups in total. The maximum atomic E-state index is 11.9. The normalized spacial score (nSPS) is 10.8. The van der Waals surface area contributed by atoms with Crippen LogP contribution in [0.3, 0.4) is 0 Å². The lowest BCUT2D eigenvalue weighted by molar-refractivity contribution is -0.0000214. The number of ether oxygens (including phenoxy) is 1. The Kier molecular flexibility index (Phi) is 7.84.